The van der Waals surface area contributed by atoms with Gasteiger partial charge in [0.05, 0.1) is 12.4 Å². The number of esters is 1. The summed E-state index contributed by atoms with van der Waals surface area (Å²) in [6.45, 7) is 3.19. The van der Waals surface area contributed by atoms with Crippen LogP contribution in [0.3, 0.4) is 0 Å². The molecule has 0 heterocycles. The zero-order valence-electron chi connectivity index (χ0n) is 9.69. The van der Waals surface area contributed by atoms with Gasteiger partial charge >= 0.3 is 5.97 Å². The van der Waals surface area contributed by atoms with Crippen molar-refractivity contribution in [3.8, 4) is 0 Å². The summed E-state index contributed by atoms with van der Waals surface area (Å²) < 4.78 is 30.1. The first-order chi connectivity index (χ1) is 7.21. The van der Waals surface area contributed by atoms with Crippen molar-refractivity contribution in [2.45, 2.75) is 43.5 Å². The van der Waals surface area contributed by atoms with Crippen LogP contribution in [0.4, 0.5) is 0 Å². The van der Waals surface area contributed by atoms with Gasteiger partial charge in [0, 0.05) is 6.04 Å². The van der Waals surface area contributed by atoms with Crippen molar-refractivity contribution in [1.29, 1.82) is 0 Å². The normalized spacial score (nSPS) is 29.9. The molecule has 0 aliphatic heterocycles. The second-order valence-electron chi connectivity index (χ2n) is 4.46. The second-order valence-corrected chi connectivity index (χ2v) is 6.73. The minimum atomic E-state index is -3.30. The molecule has 6 nitrogen and oxygen atoms in total. The van der Waals surface area contributed by atoms with Crippen LogP contribution in [0.25, 0.3) is 0 Å². The molecule has 1 aliphatic carbocycles. The SMILES string of the molecule is COC(=O)C1(N)CC(NS(=O)(=O)C(C)C)C1. The Bertz CT molecular complexity index is 371. The molecule has 0 amide bonds. The molecule has 0 aromatic carbocycles. The highest BCUT2D eigenvalue weighted by atomic mass is 32.2. The molecule has 1 fully saturated rings. The maximum atomic E-state index is 11.5. The van der Waals surface area contributed by atoms with Gasteiger partial charge in [-0.05, 0) is 26.7 Å². The zero-order valence-corrected chi connectivity index (χ0v) is 10.5. The Balaban J connectivity index is 2.52. The van der Waals surface area contributed by atoms with Crippen LogP contribution < -0.4 is 10.5 Å². The molecule has 1 aliphatic rings. The topological polar surface area (TPSA) is 98.5 Å². The largest absolute Gasteiger partial charge is 0.468 e. The van der Waals surface area contributed by atoms with Crippen LogP contribution in [-0.2, 0) is 19.6 Å². The Morgan fingerprint density at radius 2 is 2.00 bits per heavy atom. The average molecular weight is 250 g/mol. The van der Waals surface area contributed by atoms with Gasteiger partial charge in [0.25, 0.3) is 0 Å². The van der Waals surface area contributed by atoms with E-state index in [1.165, 1.54) is 7.11 Å². The van der Waals surface area contributed by atoms with Gasteiger partial charge in [-0.1, -0.05) is 0 Å². The highest BCUT2D eigenvalue weighted by Gasteiger charge is 2.49. The minimum Gasteiger partial charge on any atom is -0.468 e. The summed E-state index contributed by atoms with van der Waals surface area (Å²) in [6, 6.07) is -0.267. The third-order valence-electron chi connectivity index (χ3n) is 2.76. The average Bonchev–Trinajstić information content (AvgIpc) is 2.13. The maximum absolute atomic E-state index is 11.5. The molecule has 0 unspecified atom stereocenters. The summed E-state index contributed by atoms with van der Waals surface area (Å²) in [6.07, 6.45) is 0.567. The van der Waals surface area contributed by atoms with Gasteiger partial charge in [0.1, 0.15) is 5.54 Å². The molecule has 0 bridgehead atoms. The summed E-state index contributed by atoms with van der Waals surface area (Å²) in [5, 5.41) is -0.488. The Morgan fingerprint density at radius 3 is 2.38 bits per heavy atom. The number of carbonyl (C=O) groups excluding carboxylic acids is 1. The molecule has 1 rings (SSSR count). The Morgan fingerprint density at radius 1 is 1.50 bits per heavy atom. The van der Waals surface area contributed by atoms with Gasteiger partial charge in [0.2, 0.25) is 10.0 Å². The Hall–Kier alpha value is -0.660. The Kier molecular flexibility index (Phi) is 3.61. The lowest BCUT2D eigenvalue weighted by atomic mass is 9.74. The molecule has 3 N–H and O–H groups in total. The third kappa shape index (κ3) is 2.53. The fourth-order valence-electron chi connectivity index (χ4n) is 1.64. The number of ether oxygens (including phenoxy) is 1. The summed E-state index contributed by atoms with van der Waals surface area (Å²) in [5.41, 5.74) is 4.70. The zero-order chi connectivity index (χ0) is 12.6. The summed E-state index contributed by atoms with van der Waals surface area (Å²) in [4.78, 5) is 11.2. The molecule has 7 heteroatoms. The van der Waals surface area contributed by atoms with E-state index in [0.29, 0.717) is 0 Å². The smallest absolute Gasteiger partial charge is 0.325 e. The van der Waals surface area contributed by atoms with E-state index in [0.717, 1.165) is 0 Å². The number of methoxy groups -OCH3 is 1. The lowest BCUT2D eigenvalue weighted by Crippen LogP contribution is -2.65. The van der Waals surface area contributed by atoms with Crippen LogP contribution >= 0.6 is 0 Å². The predicted molar refractivity (Wildman–Crippen MR) is 59.1 cm³/mol. The molecule has 0 aromatic heterocycles. The fourth-order valence-corrected chi connectivity index (χ4v) is 2.54. The molecule has 0 spiro atoms. The van der Waals surface area contributed by atoms with Gasteiger partial charge in [-0.25, -0.2) is 13.1 Å². The van der Waals surface area contributed by atoms with Crippen molar-refractivity contribution >= 4 is 16.0 Å². The van der Waals surface area contributed by atoms with Crippen LogP contribution in [0.15, 0.2) is 0 Å². The van der Waals surface area contributed by atoms with Gasteiger partial charge in [-0.3, -0.25) is 4.79 Å². The van der Waals surface area contributed by atoms with Gasteiger partial charge < -0.3 is 10.5 Å². The number of hydrogen-bond acceptors (Lipinski definition) is 5. The summed E-state index contributed by atoms with van der Waals surface area (Å²) in [5.74, 6) is -0.493. The van der Waals surface area contributed by atoms with E-state index in [-0.39, 0.29) is 18.9 Å². The van der Waals surface area contributed by atoms with Gasteiger partial charge in [0.15, 0.2) is 0 Å². The van der Waals surface area contributed by atoms with E-state index >= 15 is 0 Å². The number of carbonyl (C=O) groups is 1. The number of sulfonamides is 1. The third-order valence-corrected chi connectivity index (χ3v) is 4.67. The number of nitrogens with one attached hydrogen (secondary N) is 1. The molecule has 94 valence electrons. The van der Waals surface area contributed by atoms with Crippen molar-refractivity contribution in [1.82, 2.24) is 4.72 Å². The van der Waals surface area contributed by atoms with Crippen molar-refractivity contribution in [3.63, 3.8) is 0 Å². The van der Waals surface area contributed by atoms with Crippen molar-refractivity contribution in [3.05, 3.63) is 0 Å². The minimum absolute atomic E-state index is 0.267. The lowest BCUT2D eigenvalue weighted by molar-refractivity contribution is -0.151. The molecule has 0 aromatic rings. The standard InChI is InChI=1S/C9H18N2O4S/c1-6(2)16(13,14)11-7-4-9(10,5-7)8(12)15-3/h6-7,11H,4-5,10H2,1-3H3. The monoisotopic (exact) mass is 250 g/mol. The van der Waals surface area contributed by atoms with Crippen LogP contribution in [0, 0.1) is 0 Å². The van der Waals surface area contributed by atoms with Crippen molar-refractivity contribution in [2.24, 2.45) is 5.73 Å². The first-order valence-corrected chi connectivity index (χ1v) is 6.64. The number of nitrogens with two attached hydrogens (primary N) is 1. The molecular weight excluding hydrogens is 232 g/mol. The van der Waals surface area contributed by atoms with E-state index in [1.807, 2.05) is 0 Å². The van der Waals surface area contributed by atoms with Gasteiger partial charge in [-0.15, -0.1) is 0 Å². The fraction of sp³-hybridized carbons (Fsp3) is 0.889. The molecule has 0 radical (unpaired) electrons. The first kappa shape index (κ1) is 13.4. The van der Waals surface area contributed by atoms with E-state index in [9.17, 15) is 13.2 Å². The van der Waals surface area contributed by atoms with Crippen molar-refractivity contribution in [2.75, 3.05) is 7.11 Å². The summed E-state index contributed by atoms with van der Waals surface area (Å²) in [7, 11) is -2.03. The molecule has 0 saturated heterocycles. The predicted octanol–water partition coefficient (Wildman–Crippen LogP) is -0.653. The number of rotatable bonds is 4. The quantitative estimate of drug-likeness (QED) is 0.646. The lowest BCUT2D eigenvalue weighted by Gasteiger charge is -2.42. The molecule has 16 heavy (non-hydrogen) atoms. The van der Waals surface area contributed by atoms with Crippen LogP contribution in [-0.4, -0.2) is 38.3 Å². The maximum Gasteiger partial charge on any atom is 0.325 e. The summed E-state index contributed by atoms with van der Waals surface area (Å²) >= 11 is 0. The van der Waals surface area contributed by atoms with Gasteiger partial charge in [-0.2, -0.15) is 0 Å². The number of hydrogen-bond donors (Lipinski definition) is 2. The molecular formula is C9H18N2O4S. The van der Waals surface area contributed by atoms with Crippen LogP contribution in [0.1, 0.15) is 26.7 Å². The van der Waals surface area contributed by atoms with Crippen LogP contribution in [0.2, 0.25) is 0 Å². The second kappa shape index (κ2) is 4.31. The van der Waals surface area contributed by atoms with Crippen molar-refractivity contribution < 1.29 is 17.9 Å². The van der Waals surface area contributed by atoms with Crippen LogP contribution in [0.5, 0.6) is 0 Å². The molecule has 1 saturated carbocycles. The Labute approximate surface area is 95.6 Å². The molecule has 0 atom stereocenters. The van der Waals surface area contributed by atoms with E-state index in [1.54, 1.807) is 13.8 Å². The van der Waals surface area contributed by atoms with E-state index < -0.39 is 26.8 Å². The first-order valence-electron chi connectivity index (χ1n) is 5.10. The van der Waals surface area contributed by atoms with E-state index in [2.05, 4.69) is 9.46 Å². The highest BCUT2D eigenvalue weighted by molar-refractivity contribution is 7.90. The highest BCUT2D eigenvalue weighted by Crippen LogP contribution is 2.31. The van der Waals surface area contributed by atoms with E-state index in [4.69, 9.17) is 5.73 Å².